The largest absolute Gasteiger partial charge is 0.482 e. The van der Waals surface area contributed by atoms with E-state index in [1.165, 1.54) is 25.3 Å². The number of aryl methyl sites for hydroxylation is 1. The molecule has 0 fully saturated rings. The van der Waals surface area contributed by atoms with E-state index in [1.807, 2.05) is 25.1 Å². The molecule has 2 aromatic rings. The number of carbonyl (C=O) groups is 1. The van der Waals surface area contributed by atoms with Crippen molar-refractivity contribution in [2.45, 2.75) is 11.8 Å². The first-order valence-electron chi connectivity index (χ1n) is 8.09. The van der Waals surface area contributed by atoms with E-state index in [1.54, 1.807) is 6.07 Å². The number of nitrogens with one attached hydrogen (secondary N) is 2. The smallest absolute Gasteiger partial charge is 0.262 e. The first kappa shape index (κ1) is 21.2. The predicted molar refractivity (Wildman–Crippen MR) is 104 cm³/mol. The van der Waals surface area contributed by atoms with Gasteiger partial charge in [-0.25, -0.2) is 13.1 Å². The minimum absolute atomic E-state index is 0.000153. The SMILES string of the molecule is COCCNS(=O)(=O)c1ccc(OCC(=O)Nc2cccc(C)c2)c(Cl)c1. The Labute approximate surface area is 163 Å². The second-order valence-electron chi connectivity index (χ2n) is 5.69. The van der Waals surface area contributed by atoms with Gasteiger partial charge in [0.1, 0.15) is 5.75 Å². The number of halogens is 1. The van der Waals surface area contributed by atoms with Crippen LogP contribution in [-0.4, -0.2) is 41.2 Å². The summed E-state index contributed by atoms with van der Waals surface area (Å²) in [5, 5.41) is 2.80. The predicted octanol–water partition coefficient (Wildman–Crippen LogP) is 2.59. The van der Waals surface area contributed by atoms with Gasteiger partial charge in [-0.2, -0.15) is 0 Å². The zero-order valence-corrected chi connectivity index (χ0v) is 16.6. The molecule has 146 valence electrons. The van der Waals surface area contributed by atoms with Gasteiger partial charge < -0.3 is 14.8 Å². The normalized spacial score (nSPS) is 11.2. The Bertz CT molecular complexity index is 902. The van der Waals surface area contributed by atoms with Crippen LogP contribution in [-0.2, 0) is 19.6 Å². The summed E-state index contributed by atoms with van der Waals surface area (Å²) < 4.78 is 36.9. The number of carbonyl (C=O) groups excluding carboxylic acids is 1. The molecule has 9 heteroatoms. The molecule has 0 unspecified atom stereocenters. The first-order chi connectivity index (χ1) is 12.8. The molecule has 0 radical (unpaired) electrons. The van der Waals surface area contributed by atoms with Gasteiger partial charge in [0.2, 0.25) is 10.0 Å². The van der Waals surface area contributed by atoms with E-state index < -0.39 is 10.0 Å². The Hall–Kier alpha value is -2.13. The highest BCUT2D eigenvalue weighted by atomic mass is 35.5. The lowest BCUT2D eigenvalue weighted by atomic mass is 10.2. The van der Waals surface area contributed by atoms with Gasteiger partial charge in [0.05, 0.1) is 16.5 Å². The third kappa shape index (κ3) is 6.51. The molecule has 0 aliphatic carbocycles. The fourth-order valence-electron chi connectivity index (χ4n) is 2.19. The van der Waals surface area contributed by atoms with E-state index >= 15 is 0 Å². The van der Waals surface area contributed by atoms with E-state index in [9.17, 15) is 13.2 Å². The van der Waals surface area contributed by atoms with Crippen molar-refractivity contribution in [2.24, 2.45) is 0 Å². The minimum Gasteiger partial charge on any atom is -0.482 e. The molecule has 1 amide bonds. The summed E-state index contributed by atoms with van der Waals surface area (Å²) in [6.07, 6.45) is 0. The van der Waals surface area contributed by atoms with Crippen LogP contribution >= 0.6 is 11.6 Å². The molecule has 0 saturated heterocycles. The van der Waals surface area contributed by atoms with Crippen LogP contribution in [0.15, 0.2) is 47.4 Å². The van der Waals surface area contributed by atoms with Crippen molar-refractivity contribution in [3.63, 3.8) is 0 Å². The summed E-state index contributed by atoms with van der Waals surface area (Å²) >= 11 is 6.09. The van der Waals surface area contributed by atoms with Crippen molar-refractivity contribution in [2.75, 3.05) is 32.2 Å². The van der Waals surface area contributed by atoms with E-state index in [0.29, 0.717) is 5.69 Å². The highest BCUT2D eigenvalue weighted by Crippen LogP contribution is 2.27. The van der Waals surface area contributed by atoms with Crippen LogP contribution < -0.4 is 14.8 Å². The maximum absolute atomic E-state index is 12.1. The van der Waals surface area contributed by atoms with Crippen molar-refractivity contribution in [1.29, 1.82) is 0 Å². The molecule has 7 nitrogen and oxygen atoms in total. The average Bonchev–Trinajstić information content (AvgIpc) is 2.60. The van der Waals surface area contributed by atoms with Gasteiger partial charge >= 0.3 is 0 Å². The lowest BCUT2D eigenvalue weighted by molar-refractivity contribution is -0.118. The quantitative estimate of drug-likeness (QED) is 0.617. The third-order valence-corrected chi connectivity index (χ3v) is 5.23. The molecule has 0 aromatic heterocycles. The topological polar surface area (TPSA) is 93.7 Å². The van der Waals surface area contributed by atoms with Crippen molar-refractivity contribution >= 4 is 33.2 Å². The van der Waals surface area contributed by atoms with Gasteiger partial charge in [-0.3, -0.25) is 4.79 Å². The molecule has 27 heavy (non-hydrogen) atoms. The standard InChI is InChI=1S/C18H21ClN2O5S/c1-13-4-3-5-14(10-13)21-18(22)12-26-17-7-6-15(11-16(17)19)27(23,24)20-8-9-25-2/h3-7,10-11,20H,8-9,12H2,1-2H3,(H,21,22). The maximum atomic E-state index is 12.1. The summed E-state index contributed by atoms with van der Waals surface area (Å²) in [5.74, 6) is -0.138. The fraction of sp³-hybridized carbons (Fsp3) is 0.278. The molecule has 2 aromatic carbocycles. The van der Waals surface area contributed by atoms with Crippen LogP contribution in [0, 0.1) is 6.92 Å². The van der Waals surface area contributed by atoms with E-state index in [4.69, 9.17) is 21.1 Å². The second-order valence-corrected chi connectivity index (χ2v) is 7.86. The molecular formula is C18H21ClN2O5S. The molecule has 0 saturated carbocycles. The first-order valence-corrected chi connectivity index (χ1v) is 9.95. The summed E-state index contributed by atoms with van der Waals surface area (Å²) in [4.78, 5) is 12.0. The minimum atomic E-state index is -3.70. The third-order valence-electron chi connectivity index (χ3n) is 3.47. The van der Waals surface area contributed by atoms with Gasteiger partial charge in [-0.15, -0.1) is 0 Å². The Kier molecular flexibility index (Phi) is 7.61. The van der Waals surface area contributed by atoms with Crippen LogP contribution in [0.3, 0.4) is 0 Å². The van der Waals surface area contributed by atoms with Crippen molar-refractivity contribution in [1.82, 2.24) is 4.72 Å². The zero-order valence-electron chi connectivity index (χ0n) is 15.0. The number of ether oxygens (including phenoxy) is 2. The lowest BCUT2D eigenvalue weighted by Crippen LogP contribution is -2.27. The van der Waals surface area contributed by atoms with Gasteiger partial charge in [-0.05, 0) is 42.8 Å². The second kappa shape index (κ2) is 9.70. The highest BCUT2D eigenvalue weighted by molar-refractivity contribution is 7.89. The highest BCUT2D eigenvalue weighted by Gasteiger charge is 2.16. The maximum Gasteiger partial charge on any atom is 0.262 e. The molecule has 0 bridgehead atoms. The number of hydrogen-bond donors (Lipinski definition) is 2. The monoisotopic (exact) mass is 412 g/mol. The number of hydrogen-bond acceptors (Lipinski definition) is 5. The molecular weight excluding hydrogens is 392 g/mol. The Morgan fingerprint density at radius 3 is 2.63 bits per heavy atom. The van der Waals surface area contributed by atoms with Crippen LogP contribution in [0.25, 0.3) is 0 Å². The molecule has 2 N–H and O–H groups in total. The van der Waals surface area contributed by atoms with Crippen LogP contribution in [0.1, 0.15) is 5.56 Å². The zero-order chi connectivity index (χ0) is 19.9. The molecule has 0 heterocycles. The van der Waals surface area contributed by atoms with Gasteiger partial charge in [-0.1, -0.05) is 23.7 Å². The summed E-state index contributed by atoms with van der Waals surface area (Å²) in [7, 11) is -2.22. The van der Waals surface area contributed by atoms with Gasteiger partial charge in [0.15, 0.2) is 6.61 Å². The average molecular weight is 413 g/mol. The van der Waals surface area contributed by atoms with E-state index in [0.717, 1.165) is 5.56 Å². The summed E-state index contributed by atoms with van der Waals surface area (Å²) in [6, 6.07) is 11.4. The summed E-state index contributed by atoms with van der Waals surface area (Å²) in [5.41, 5.74) is 1.69. The van der Waals surface area contributed by atoms with Crippen molar-refractivity contribution in [3.8, 4) is 5.75 Å². The Balaban J connectivity index is 1.96. The number of sulfonamides is 1. The number of methoxy groups -OCH3 is 1. The van der Waals surface area contributed by atoms with Gasteiger partial charge in [0.25, 0.3) is 5.91 Å². The Morgan fingerprint density at radius 2 is 1.96 bits per heavy atom. The fourth-order valence-corrected chi connectivity index (χ4v) is 3.53. The van der Waals surface area contributed by atoms with E-state index in [-0.39, 0.29) is 41.3 Å². The molecule has 0 atom stereocenters. The van der Waals surface area contributed by atoms with Crippen LogP contribution in [0.5, 0.6) is 5.75 Å². The Morgan fingerprint density at radius 1 is 1.19 bits per heavy atom. The van der Waals surface area contributed by atoms with Crippen molar-refractivity contribution in [3.05, 3.63) is 53.1 Å². The number of benzene rings is 2. The molecule has 0 aliphatic rings. The number of amides is 1. The van der Waals surface area contributed by atoms with Gasteiger partial charge in [0, 0.05) is 19.3 Å². The molecule has 2 rings (SSSR count). The van der Waals surface area contributed by atoms with Crippen molar-refractivity contribution < 1.29 is 22.7 Å². The molecule has 0 spiro atoms. The lowest BCUT2D eigenvalue weighted by Gasteiger charge is -2.11. The van der Waals surface area contributed by atoms with E-state index in [2.05, 4.69) is 10.0 Å². The summed E-state index contributed by atoms with van der Waals surface area (Å²) in [6.45, 7) is 2.07. The van der Waals surface area contributed by atoms with Crippen LogP contribution in [0.4, 0.5) is 5.69 Å². The number of rotatable bonds is 9. The molecule has 0 aliphatic heterocycles. The number of anilines is 1. The van der Waals surface area contributed by atoms with Crippen LogP contribution in [0.2, 0.25) is 5.02 Å².